The number of hydrogen-bond donors (Lipinski definition) is 1. The van der Waals surface area contributed by atoms with Crippen molar-refractivity contribution >= 4 is 32.5 Å². The van der Waals surface area contributed by atoms with E-state index in [1.807, 2.05) is 0 Å². The largest absolute Gasteiger partial charge is 0.505 e. The highest BCUT2D eigenvalue weighted by molar-refractivity contribution is 7.93. The molecular weight excluding hydrogens is 421 g/mol. The van der Waals surface area contributed by atoms with Crippen molar-refractivity contribution in [3.8, 4) is 5.75 Å². The van der Waals surface area contributed by atoms with Crippen molar-refractivity contribution in [1.82, 2.24) is 9.88 Å². The number of aromatic nitrogens is 1. The van der Waals surface area contributed by atoms with Gasteiger partial charge in [0.1, 0.15) is 11.3 Å². The van der Waals surface area contributed by atoms with Gasteiger partial charge in [0.2, 0.25) is 10.0 Å². The molecule has 4 rings (SSSR count). The average Bonchev–Trinajstić information content (AvgIpc) is 3.05. The minimum absolute atomic E-state index is 0.0501. The van der Waals surface area contributed by atoms with Crippen molar-refractivity contribution in [1.29, 1.82) is 0 Å². The standard InChI is InChI=1S/C22H22FN3O4S/c1-13(2)31(29,30)25(3)20-16-5-4-10-24-19(16)21(27)18-17(20)12-26(22(18)28)11-14-6-8-15(23)9-7-14/h4-10,13,27H,11-12H2,1-3H3. The number of phenols is 1. The number of phenolic OH excluding ortho intramolecular Hbond substituents is 1. The number of halogens is 1. The highest BCUT2D eigenvalue weighted by Crippen LogP contribution is 2.44. The van der Waals surface area contributed by atoms with Gasteiger partial charge in [-0.1, -0.05) is 12.1 Å². The number of pyridine rings is 1. The minimum atomic E-state index is -3.70. The molecule has 0 radical (unpaired) electrons. The van der Waals surface area contributed by atoms with E-state index in [4.69, 9.17) is 0 Å². The fourth-order valence-corrected chi connectivity index (χ4v) is 4.97. The third kappa shape index (κ3) is 3.38. The second-order valence-corrected chi connectivity index (χ2v) is 10.3. The molecule has 0 saturated heterocycles. The Balaban J connectivity index is 1.89. The number of amides is 1. The molecule has 1 N–H and O–H groups in total. The molecule has 2 heterocycles. The molecule has 9 heteroatoms. The van der Waals surface area contributed by atoms with Gasteiger partial charge < -0.3 is 10.0 Å². The van der Waals surface area contributed by atoms with Crippen molar-refractivity contribution in [3.63, 3.8) is 0 Å². The van der Waals surface area contributed by atoms with E-state index >= 15 is 0 Å². The molecule has 0 bridgehead atoms. The lowest BCUT2D eigenvalue weighted by Crippen LogP contribution is -2.34. The summed E-state index contributed by atoms with van der Waals surface area (Å²) in [5.41, 5.74) is 1.69. The molecule has 31 heavy (non-hydrogen) atoms. The first-order valence-electron chi connectivity index (χ1n) is 9.77. The molecule has 0 saturated carbocycles. The quantitative estimate of drug-likeness (QED) is 0.653. The van der Waals surface area contributed by atoms with Crippen molar-refractivity contribution in [2.45, 2.75) is 32.2 Å². The first kappa shape index (κ1) is 21.0. The van der Waals surface area contributed by atoms with Crippen LogP contribution < -0.4 is 4.31 Å². The molecular formula is C22H22FN3O4S. The van der Waals surface area contributed by atoms with Crippen LogP contribution in [0.4, 0.5) is 10.1 Å². The Morgan fingerprint density at radius 2 is 1.90 bits per heavy atom. The van der Waals surface area contributed by atoms with Crippen molar-refractivity contribution < 1.29 is 22.7 Å². The third-order valence-corrected chi connectivity index (χ3v) is 7.68. The van der Waals surface area contributed by atoms with E-state index in [9.17, 15) is 22.7 Å². The number of anilines is 1. The first-order chi connectivity index (χ1) is 14.6. The third-order valence-electron chi connectivity index (χ3n) is 5.54. The van der Waals surface area contributed by atoms with Gasteiger partial charge in [0.05, 0.1) is 16.5 Å². The highest BCUT2D eigenvalue weighted by Gasteiger charge is 2.38. The van der Waals surface area contributed by atoms with Crippen LogP contribution in [0.3, 0.4) is 0 Å². The van der Waals surface area contributed by atoms with Crippen LogP contribution in [0, 0.1) is 5.82 Å². The molecule has 1 aromatic heterocycles. The summed E-state index contributed by atoms with van der Waals surface area (Å²) in [6, 6.07) is 9.12. The van der Waals surface area contributed by atoms with E-state index in [1.165, 1.54) is 34.6 Å². The summed E-state index contributed by atoms with van der Waals surface area (Å²) >= 11 is 0. The van der Waals surface area contributed by atoms with E-state index in [0.29, 0.717) is 16.6 Å². The molecule has 7 nitrogen and oxygen atoms in total. The van der Waals surface area contributed by atoms with Crippen LogP contribution in [0.2, 0.25) is 0 Å². The normalized spacial score (nSPS) is 13.8. The van der Waals surface area contributed by atoms with Gasteiger partial charge >= 0.3 is 0 Å². The summed E-state index contributed by atoms with van der Waals surface area (Å²) in [7, 11) is -2.26. The molecule has 1 aliphatic heterocycles. The van der Waals surface area contributed by atoms with Crippen LogP contribution in [0.1, 0.15) is 35.3 Å². The van der Waals surface area contributed by atoms with Crippen molar-refractivity contribution in [2.75, 3.05) is 11.4 Å². The molecule has 0 atom stereocenters. The van der Waals surface area contributed by atoms with Crippen molar-refractivity contribution in [3.05, 3.63) is 65.1 Å². The number of carbonyl (C=O) groups excluding carboxylic acids is 1. The van der Waals surface area contributed by atoms with Gasteiger partial charge in [0, 0.05) is 37.3 Å². The van der Waals surface area contributed by atoms with Gasteiger partial charge in [-0.05, 0) is 43.7 Å². The Morgan fingerprint density at radius 3 is 2.55 bits per heavy atom. The number of carbonyl (C=O) groups is 1. The fraction of sp³-hybridized carbons (Fsp3) is 0.273. The van der Waals surface area contributed by atoms with Crippen LogP contribution in [0.15, 0.2) is 42.6 Å². The summed E-state index contributed by atoms with van der Waals surface area (Å²) in [5, 5.41) is 10.6. The van der Waals surface area contributed by atoms with Crippen LogP contribution in [-0.4, -0.2) is 41.6 Å². The predicted molar refractivity (Wildman–Crippen MR) is 116 cm³/mol. The fourth-order valence-electron chi connectivity index (χ4n) is 3.87. The Kier molecular flexibility index (Phi) is 5.09. The molecule has 2 aromatic carbocycles. The molecule has 1 aliphatic rings. The zero-order valence-electron chi connectivity index (χ0n) is 17.3. The van der Waals surface area contributed by atoms with Crippen LogP contribution in [0.25, 0.3) is 10.9 Å². The molecule has 3 aromatic rings. The van der Waals surface area contributed by atoms with Gasteiger partial charge in [-0.15, -0.1) is 0 Å². The Hall–Kier alpha value is -3.20. The lowest BCUT2D eigenvalue weighted by molar-refractivity contribution is 0.0764. The number of hydrogen-bond acceptors (Lipinski definition) is 5. The monoisotopic (exact) mass is 443 g/mol. The lowest BCUT2D eigenvalue weighted by atomic mass is 10.0. The second kappa shape index (κ2) is 7.49. The summed E-state index contributed by atoms with van der Waals surface area (Å²) in [4.78, 5) is 18.9. The molecule has 1 amide bonds. The summed E-state index contributed by atoms with van der Waals surface area (Å²) in [5.74, 6) is -1.07. The van der Waals surface area contributed by atoms with Crippen molar-refractivity contribution in [2.24, 2.45) is 0 Å². The number of aromatic hydroxyl groups is 1. The zero-order valence-corrected chi connectivity index (χ0v) is 18.1. The first-order valence-corrected chi connectivity index (χ1v) is 11.3. The van der Waals surface area contributed by atoms with Gasteiger partial charge in [0.25, 0.3) is 5.91 Å². The second-order valence-electron chi connectivity index (χ2n) is 7.80. The molecule has 0 unspecified atom stereocenters. The Bertz CT molecular complexity index is 1290. The van der Waals surface area contributed by atoms with E-state index in [1.54, 1.807) is 38.1 Å². The summed E-state index contributed by atoms with van der Waals surface area (Å²) in [6.45, 7) is 3.46. The van der Waals surface area contributed by atoms with Gasteiger partial charge in [0.15, 0.2) is 5.75 Å². The van der Waals surface area contributed by atoms with E-state index in [2.05, 4.69) is 4.98 Å². The average molecular weight is 444 g/mol. The zero-order chi connectivity index (χ0) is 22.5. The maximum absolute atomic E-state index is 13.2. The van der Waals surface area contributed by atoms with Crippen LogP contribution >= 0.6 is 0 Å². The number of nitrogens with zero attached hydrogens (tertiary/aromatic N) is 3. The van der Waals surface area contributed by atoms with Gasteiger partial charge in [-0.2, -0.15) is 0 Å². The molecule has 0 aliphatic carbocycles. The van der Waals surface area contributed by atoms with E-state index in [0.717, 1.165) is 5.56 Å². The van der Waals surface area contributed by atoms with Gasteiger partial charge in [-0.25, -0.2) is 12.8 Å². The summed E-state index contributed by atoms with van der Waals surface area (Å²) in [6.07, 6.45) is 1.48. The van der Waals surface area contributed by atoms with Crippen LogP contribution in [-0.2, 0) is 23.1 Å². The minimum Gasteiger partial charge on any atom is -0.505 e. The number of sulfonamides is 1. The topological polar surface area (TPSA) is 90.8 Å². The number of benzene rings is 2. The maximum atomic E-state index is 13.2. The molecule has 0 spiro atoms. The Morgan fingerprint density at radius 1 is 1.23 bits per heavy atom. The molecule has 0 fully saturated rings. The number of fused-ring (bicyclic) bond motifs is 2. The van der Waals surface area contributed by atoms with Gasteiger partial charge in [-0.3, -0.25) is 14.1 Å². The van der Waals surface area contributed by atoms with E-state index in [-0.39, 0.29) is 35.7 Å². The van der Waals surface area contributed by atoms with E-state index < -0.39 is 21.2 Å². The van der Waals surface area contributed by atoms with Crippen LogP contribution in [0.5, 0.6) is 5.75 Å². The lowest BCUT2D eigenvalue weighted by Gasteiger charge is -2.26. The highest BCUT2D eigenvalue weighted by atomic mass is 32.2. The Labute approximate surface area is 179 Å². The SMILES string of the molecule is CC(C)S(=O)(=O)N(C)c1c2c(c(O)c3ncccc13)C(=O)N(Cc1ccc(F)cc1)C2. The smallest absolute Gasteiger partial charge is 0.258 e. The predicted octanol–water partition coefficient (Wildman–Crippen LogP) is 3.41. The summed E-state index contributed by atoms with van der Waals surface area (Å²) < 4.78 is 40.3. The number of rotatable bonds is 5. The molecule has 162 valence electrons. The maximum Gasteiger partial charge on any atom is 0.258 e.